The summed E-state index contributed by atoms with van der Waals surface area (Å²) in [5, 5.41) is 11.2. The van der Waals surface area contributed by atoms with E-state index >= 15 is 0 Å². The van der Waals surface area contributed by atoms with Gasteiger partial charge in [-0.05, 0) is 42.7 Å². The summed E-state index contributed by atoms with van der Waals surface area (Å²) < 4.78 is 27.5. The lowest BCUT2D eigenvalue weighted by molar-refractivity contribution is -0.388. The Bertz CT molecular complexity index is 653. The Morgan fingerprint density at radius 3 is 2.57 bits per heavy atom. The Hall–Kier alpha value is -1.47. The van der Waals surface area contributed by atoms with Crippen molar-refractivity contribution in [2.45, 2.75) is 44.4 Å². The first-order valence-corrected chi connectivity index (χ1v) is 8.60. The molecule has 0 saturated carbocycles. The molecule has 1 aromatic rings. The number of nitrogens with one attached hydrogen (secondary N) is 1. The van der Waals surface area contributed by atoms with Crippen LogP contribution in [0.1, 0.15) is 37.8 Å². The van der Waals surface area contributed by atoms with Gasteiger partial charge in [-0.15, -0.1) is 0 Å². The molecule has 0 spiro atoms. The van der Waals surface area contributed by atoms with E-state index in [1.165, 1.54) is 6.07 Å². The Morgan fingerprint density at radius 2 is 1.95 bits per heavy atom. The number of hydrogen-bond acceptors (Lipinski definition) is 4. The van der Waals surface area contributed by atoms with Crippen molar-refractivity contribution in [2.75, 3.05) is 6.54 Å². The van der Waals surface area contributed by atoms with Crippen LogP contribution in [-0.4, -0.2) is 19.9 Å². The fourth-order valence-electron chi connectivity index (χ4n) is 2.57. The topological polar surface area (TPSA) is 89.3 Å². The van der Waals surface area contributed by atoms with Crippen molar-refractivity contribution >= 4 is 15.7 Å². The normalized spacial score (nSPS) is 15.0. The molecule has 21 heavy (non-hydrogen) atoms. The van der Waals surface area contributed by atoms with E-state index in [9.17, 15) is 18.5 Å². The Balaban J connectivity index is 2.56. The van der Waals surface area contributed by atoms with Gasteiger partial charge in [0.1, 0.15) is 0 Å². The second-order valence-corrected chi connectivity index (χ2v) is 7.47. The zero-order valence-corrected chi connectivity index (χ0v) is 13.1. The van der Waals surface area contributed by atoms with Gasteiger partial charge < -0.3 is 0 Å². The summed E-state index contributed by atoms with van der Waals surface area (Å²) in [7, 11) is -3.86. The van der Waals surface area contributed by atoms with Crippen molar-refractivity contribution in [1.82, 2.24) is 4.72 Å². The van der Waals surface area contributed by atoms with E-state index in [0.717, 1.165) is 24.8 Å². The largest absolute Gasteiger partial charge is 0.289 e. The van der Waals surface area contributed by atoms with Crippen LogP contribution in [0.15, 0.2) is 17.0 Å². The average Bonchev–Trinajstić information content (AvgIpc) is 2.43. The highest BCUT2D eigenvalue weighted by atomic mass is 32.2. The third kappa shape index (κ3) is 3.41. The SMILES string of the molecule is CC(C)CNS(=O)(=O)c1c([N+](=O)[O-])ccc2c1CCCC2. The first-order chi connectivity index (χ1) is 9.83. The second-order valence-electron chi connectivity index (χ2n) is 5.76. The molecule has 0 aromatic heterocycles. The Kier molecular flexibility index (Phi) is 4.63. The van der Waals surface area contributed by atoms with Gasteiger partial charge in [-0.1, -0.05) is 19.9 Å². The summed E-state index contributed by atoms with van der Waals surface area (Å²) >= 11 is 0. The quantitative estimate of drug-likeness (QED) is 0.668. The van der Waals surface area contributed by atoms with Crippen LogP contribution >= 0.6 is 0 Å². The fourth-order valence-corrected chi connectivity index (χ4v) is 4.25. The van der Waals surface area contributed by atoms with Gasteiger partial charge in [0.25, 0.3) is 5.69 Å². The molecule has 0 atom stereocenters. The van der Waals surface area contributed by atoms with Gasteiger partial charge in [-0.2, -0.15) is 0 Å². The van der Waals surface area contributed by atoms with E-state index in [1.54, 1.807) is 6.07 Å². The molecule has 1 aliphatic rings. The number of nitrogens with zero attached hydrogens (tertiary/aromatic N) is 1. The number of nitro benzene ring substituents is 1. The van der Waals surface area contributed by atoms with Crippen LogP contribution in [0.3, 0.4) is 0 Å². The van der Waals surface area contributed by atoms with Gasteiger partial charge in [-0.3, -0.25) is 10.1 Å². The molecule has 7 heteroatoms. The standard InChI is InChI=1S/C14H20N2O4S/c1-10(2)9-15-21(19,20)14-12-6-4-3-5-11(12)7-8-13(14)16(17)18/h7-8,10,15H,3-6,9H2,1-2H3. The summed E-state index contributed by atoms with van der Waals surface area (Å²) in [5.74, 6) is 0.137. The third-order valence-electron chi connectivity index (χ3n) is 3.61. The minimum Gasteiger partial charge on any atom is -0.258 e. The van der Waals surface area contributed by atoms with Crippen molar-refractivity contribution < 1.29 is 13.3 Å². The molecule has 0 aliphatic heterocycles. The van der Waals surface area contributed by atoms with Crippen LogP contribution in [0.2, 0.25) is 0 Å². The maximum Gasteiger partial charge on any atom is 0.289 e. The van der Waals surface area contributed by atoms with Crippen molar-refractivity contribution in [2.24, 2.45) is 5.92 Å². The number of hydrogen-bond donors (Lipinski definition) is 1. The van der Waals surface area contributed by atoms with Gasteiger partial charge >= 0.3 is 0 Å². The number of aryl methyl sites for hydroxylation is 1. The maximum atomic E-state index is 12.5. The molecule has 1 aromatic carbocycles. The lowest BCUT2D eigenvalue weighted by atomic mass is 9.91. The van der Waals surface area contributed by atoms with Gasteiger partial charge in [0.15, 0.2) is 4.90 Å². The van der Waals surface area contributed by atoms with Crippen LogP contribution in [0.5, 0.6) is 0 Å². The van der Waals surface area contributed by atoms with Crippen molar-refractivity contribution in [1.29, 1.82) is 0 Å². The molecule has 0 heterocycles. The van der Waals surface area contributed by atoms with Crippen LogP contribution in [0, 0.1) is 16.0 Å². The van der Waals surface area contributed by atoms with Gasteiger partial charge in [-0.25, -0.2) is 13.1 Å². The molecule has 0 amide bonds. The lowest BCUT2D eigenvalue weighted by Crippen LogP contribution is -2.29. The monoisotopic (exact) mass is 312 g/mol. The highest BCUT2D eigenvalue weighted by Gasteiger charge is 2.31. The first-order valence-electron chi connectivity index (χ1n) is 7.11. The van der Waals surface area contributed by atoms with E-state index in [0.29, 0.717) is 12.0 Å². The smallest absolute Gasteiger partial charge is 0.258 e. The first kappa shape index (κ1) is 15.9. The zero-order chi connectivity index (χ0) is 15.6. The average molecular weight is 312 g/mol. The zero-order valence-electron chi connectivity index (χ0n) is 12.3. The van der Waals surface area contributed by atoms with E-state index in [4.69, 9.17) is 0 Å². The van der Waals surface area contributed by atoms with Crippen molar-refractivity contribution in [3.8, 4) is 0 Å². The molecule has 6 nitrogen and oxygen atoms in total. The summed E-state index contributed by atoms with van der Waals surface area (Å²) in [6, 6.07) is 3.00. The fraction of sp³-hybridized carbons (Fsp3) is 0.571. The molecule has 0 saturated heterocycles. The van der Waals surface area contributed by atoms with Crippen LogP contribution in [-0.2, 0) is 22.9 Å². The molecule has 0 fully saturated rings. The summed E-state index contributed by atoms with van der Waals surface area (Å²) in [5.41, 5.74) is 1.20. The molecule has 2 rings (SSSR count). The third-order valence-corrected chi connectivity index (χ3v) is 5.15. The van der Waals surface area contributed by atoms with E-state index in [1.807, 2.05) is 13.8 Å². The lowest BCUT2D eigenvalue weighted by Gasteiger charge is -2.19. The number of sulfonamides is 1. The van der Waals surface area contributed by atoms with Crippen LogP contribution in [0.4, 0.5) is 5.69 Å². The van der Waals surface area contributed by atoms with Crippen LogP contribution < -0.4 is 4.72 Å². The molecule has 0 unspecified atom stereocenters. The Morgan fingerprint density at radius 1 is 1.29 bits per heavy atom. The number of rotatable bonds is 5. The summed E-state index contributed by atoms with van der Waals surface area (Å²) in [6.45, 7) is 4.04. The van der Waals surface area contributed by atoms with Gasteiger partial charge in [0.05, 0.1) is 4.92 Å². The molecular weight excluding hydrogens is 292 g/mol. The predicted molar refractivity (Wildman–Crippen MR) is 79.8 cm³/mol. The number of nitro groups is 1. The van der Waals surface area contributed by atoms with Crippen molar-refractivity contribution in [3.63, 3.8) is 0 Å². The Labute approximate surface area is 124 Å². The molecule has 116 valence electrons. The van der Waals surface area contributed by atoms with E-state index in [-0.39, 0.29) is 23.0 Å². The number of fused-ring (bicyclic) bond motifs is 1. The predicted octanol–water partition coefficient (Wildman–Crippen LogP) is 2.41. The minimum atomic E-state index is -3.86. The maximum absolute atomic E-state index is 12.5. The molecule has 1 N–H and O–H groups in total. The van der Waals surface area contributed by atoms with Crippen molar-refractivity contribution in [3.05, 3.63) is 33.4 Å². The molecular formula is C14H20N2O4S. The van der Waals surface area contributed by atoms with Crippen LogP contribution in [0.25, 0.3) is 0 Å². The van der Waals surface area contributed by atoms with Gasteiger partial charge in [0.2, 0.25) is 10.0 Å². The molecule has 0 radical (unpaired) electrons. The van der Waals surface area contributed by atoms with E-state index in [2.05, 4.69) is 4.72 Å². The second kappa shape index (κ2) is 6.11. The molecule has 1 aliphatic carbocycles. The van der Waals surface area contributed by atoms with Gasteiger partial charge in [0, 0.05) is 12.6 Å². The van der Waals surface area contributed by atoms with E-state index < -0.39 is 14.9 Å². The summed E-state index contributed by atoms with van der Waals surface area (Å²) in [6.07, 6.45) is 3.21. The highest BCUT2D eigenvalue weighted by Crippen LogP contribution is 2.34. The molecule has 0 bridgehead atoms. The minimum absolute atomic E-state index is 0.134. The number of benzene rings is 1. The summed E-state index contributed by atoms with van der Waals surface area (Å²) in [4.78, 5) is 10.5. The highest BCUT2D eigenvalue weighted by molar-refractivity contribution is 7.89.